The van der Waals surface area contributed by atoms with E-state index in [-0.39, 0.29) is 5.54 Å². The number of hydrogen-bond donors (Lipinski definition) is 1. The summed E-state index contributed by atoms with van der Waals surface area (Å²) in [5.41, 5.74) is 6.08. The zero-order valence-electron chi connectivity index (χ0n) is 11.9. The molecule has 0 amide bonds. The number of methoxy groups -OCH3 is 1. The van der Waals surface area contributed by atoms with Gasteiger partial charge in [0.1, 0.15) is 0 Å². The van der Waals surface area contributed by atoms with Gasteiger partial charge < -0.3 is 15.4 Å². The van der Waals surface area contributed by atoms with Gasteiger partial charge in [-0.3, -0.25) is 4.90 Å². The van der Waals surface area contributed by atoms with Crippen molar-refractivity contribution < 1.29 is 4.74 Å². The Bertz CT molecular complexity index is 223. The Kier molecular flexibility index (Phi) is 5.86. The van der Waals surface area contributed by atoms with Gasteiger partial charge >= 0.3 is 0 Å². The van der Waals surface area contributed by atoms with E-state index >= 15 is 0 Å². The van der Waals surface area contributed by atoms with Crippen molar-refractivity contribution in [3.8, 4) is 0 Å². The molecule has 0 saturated carbocycles. The minimum absolute atomic E-state index is 0.0000694. The van der Waals surface area contributed by atoms with Crippen LogP contribution >= 0.6 is 0 Å². The predicted octanol–water partition coefficient (Wildman–Crippen LogP) is 0.624. The van der Waals surface area contributed by atoms with E-state index in [4.69, 9.17) is 10.5 Å². The molecule has 1 unspecified atom stereocenters. The van der Waals surface area contributed by atoms with Crippen molar-refractivity contribution in [2.75, 3.05) is 53.5 Å². The van der Waals surface area contributed by atoms with Crippen molar-refractivity contribution in [1.82, 2.24) is 9.80 Å². The molecule has 4 nitrogen and oxygen atoms in total. The molecule has 102 valence electrons. The average molecular weight is 243 g/mol. The maximum atomic E-state index is 6.08. The molecule has 1 fully saturated rings. The lowest BCUT2D eigenvalue weighted by molar-refractivity contribution is -0.0138. The second kappa shape index (κ2) is 6.69. The maximum absolute atomic E-state index is 6.08. The molecule has 0 aromatic rings. The lowest BCUT2D eigenvalue weighted by atomic mass is 9.85. The van der Waals surface area contributed by atoms with Crippen LogP contribution in [0.1, 0.15) is 20.3 Å². The summed E-state index contributed by atoms with van der Waals surface area (Å²) in [6, 6.07) is 0. The SMILES string of the molecule is COCC(CN)(C(C)C)N1CCCN(C)CC1. The first kappa shape index (κ1) is 14.9. The Morgan fingerprint density at radius 1 is 1.24 bits per heavy atom. The Labute approximate surface area is 106 Å². The fraction of sp³-hybridized carbons (Fsp3) is 1.00. The van der Waals surface area contributed by atoms with Gasteiger partial charge in [0.15, 0.2) is 0 Å². The van der Waals surface area contributed by atoms with Crippen molar-refractivity contribution in [2.45, 2.75) is 25.8 Å². The largest absolute Gasteiger partial charge is 0.383 e. The third-order valence-corrected chi connectivity index (χ3v) is 4.17. The van der Waals surface area contributed by atoms with E-state index in [1.54, 1.807) is 7.11 Å². The lowest BCUT2D eigenvalue weighted by Gasteiger charge is -2.45. The van der Waals surface area contributed by atoms with Gasteiger partial charge in [0.05, 0.1) is 12.1 Å². The lowest BCUT2D eigenvalue weighted by Crippen LogP contribution is -2.61. The van der Waals surface area contributed by atoms with Gasteiger partial charge in [-0.15, -0.1) is 0 Å². The number of ether oxygens (including phenoxy) is 1. The standard InChI is InChI=1S/C13H29N3O/c1-12(2)13(10-14,11-17-4)16-7-5-6-15(3)8-9-16/h12H,5-11,14H2,1-4H3. The predicted molar refractivity (Wildman–Crippen MR) is 72.2 cm³/mol. The molecule has 0 aromatic heterocycles. The third kappa shape index (κ3) is 3.41. The molecule has 1 atom stereocenters. The van der Waals surface area contributed by atoms with Crippen molar-refractivity contribution >= 4 is 0 Å². The molecule has 0 radical (unpaired) electrons. The van der Waals surface area contributed by atoms with Crippen LogP contribution in [0.25, 0.3) is 0 Å². The Morgan fingerprint density at radius 3 is 2.47 bits per heavy atom. The van der Waals surface area contributed by atoms with Crippen molar-refractivity contribution in [2.24, 2.45) is 11.7 Å². The molecular weight excluding hydrogens is 214 g/mol. The van der Waals surface area contributed by atoms with E-state index in [1.807, 2.05) is 0 Å². The zero-order valence-corrected chi connectivity index (χ0v) is 11.9. The highest BCUT2D eigenvalue weighted by Gasteiger charge is 2.39. The van der Waals surface area contributed by atoms with Crippen LogP contribution in [0.5, 0.6) is 0 Å². The molecule has 17 heavy (non-hydrogen) atoms. The van der Waals surface area contributed by atoms with Crippen molar-refractivity contribution in [3.63, 3.8) is 0 Å². The van der Waals surface area contributed by atoms with E-state index in [1.165, 1.54) is 13.0 Å². The summed E-state index contributed by atoms with van der Waals surface area (Å²) in [6.45, 7) is 10.4. The minimum atomic E-state index is -0.0000694. The van der Waals surface area contributed by atoms with Gasteiger partial charge in [0, 0.05) is 33.3 Å². The average Bonchev–Trinajstić information content (AvgIpc) is 2.51. The van der Waals surface area contributed by atoms with Gasteiger partial charge in [-0.1, -0.05) is 13.8 Å². The second-order valence-corrected chi connectivity index (χ2v) is 5.54. The van der Waals surface area contributed by atoms with Crippen molar-refractivity contribution in [1.29, 1.82) is 0 Å². The smallest absolute Gasteiger partial charge is 0.0661 e. The van der Waals surface area contributed by atoms with Crippen LogP contribution < -0.4 is 5.73 Å². The number of nitrogens with zero attached hydrogens (tertiary/aromatic N) is 2. The van der Waals surface area contributed by atoms with Crippen LogP contribution in [0, 0.1) is 5.92 Å². The highest BCUT2D eigenvalue weighted by atomic mass is 16.5. The Hall–Kier alpha value is -0.160. The molecule has 1 rings (SSSR count). The molecule has 1 saturated heterocycles. The molecule has 0 aromatic carbocycles. The topological polar surface area (TPSA) is 41.7 Å². The molecule has 0 bridgehead atoms. The summed E-state index contributed by atoms with van der Waals surface area (Å²) < 4.78 is 5.45. The molecule has 0 aliphatic carbocycles. The summed E-state index contributed by atoms with van der Waals surface area (Å²) in [5, 5.41) is 0. The number of likely N-dealkylation sites (N-methyl/N-ethyl adjacent to an activating group) is 1. The summed E-state index contributed by atoms with van der Waals surface area (Å²) in [5.74, 6) is 0.510. The quantitative estimate of drug-likeness (QED) is 0.769. The molecule has 4 heteroatoms. The van der Waals surface area contributed by atoms with Crippen LogP contribution in [0.2, 0.25) is 0 Å². The van der Waals surface area contributed by atoms with E-state index < -0.39 is 0 Å². The van der Waals surface area contributed by atoms with Gasteiger partial charge in [0.25, 0.3) is 0 Å². The second-order valence-electron chi connectivity index (χ2n) is 5.54. The van der Waals surface area contributed by atoms with E-state index in [0.29, 0.717) is 12.5 Å². The Morgan fingerprint density at radius 2 is 1.94 bits per heavy atom. The van der Waals surface area contributed by atoms with E-state index in [9.17, 15) is 0 Å². The highest BCUT2D eigenvalue weighted by molar-refractivity contribution is 4.95. The van der Waals surface area contributed by atoms with Crippen LogP contribution in [0.15, 0.2) is 0 Å². The summed E-state index contributed by atoms with van der Waals surface area (Å²) in [6.07, 6.45) is 1.22. The molecular formula is C13H29N3O. The van der Waals surface area contributed by atoms with Gasteiger partial charge in [-0.05, 0) is 25.9 Å². The fourth-order valence-electron chi connectivity index (χ4n) is 2.79. The molecule has 1 aliphatic rings. The maximum Gasteiger partial charge on any atom is 0.0661 e. The molecule has 0 spiro atoms. The highest BCUT2D eigenvalue weighted by Crippen LogP contribution is 2.26. The summed E-state index contributed by atoms with van der Waals surface area (Å²) >= 11 is 0. The normalized spacial score (nSPS) is 23.6. The van der Waals surface area contributed by atoms with E-state index in [0.717, 1.165) is 26.2 Å². The molecule has 1 heterocycles. The minimum Gasteiger partial charge on any atom is -0.383 e. The number of hydrogen-bond acceptors (Lipinski definition) is 4. The molecule has 1 aliphatic heterocycles. The first-order valence-corrected chi connectivity index (χ1v) is 6.69. The number of nitrogens with two attached hydrogens (primary N) is 1. The van der Waals surface area contributed by atoms with Crippen LogP contribution in [-0.2, 0) is 4.74 Å². The van der Waals surface area contributed by atoms with Crippen LogP contribution in [-0.4, -0.2) is 68.8 Å². The molecule has 2 N–H and O–H groups in total. The van der Waals surface area contributed by atoms with Crippen molar-refractivity contribution in [3.05, 3.63) is 0 Å². The zero-order chi connectivity index (χ0) is 12.9. The summed E-state index contributed by atoms with van der Waals surface area (Å²) in [7, 11) is 3.97. The third-order valence-electron chi connectivity index (χ3n) is 4.17. The van der Waals surface area contributed by atoms with Gasteiger partial charge in [-0.2, -0.15) is 0 Å². The summed E-state index contributed by atoms with van der Waals surface area (Å²) in [4.78, 5) is 4.94. The van der Waals surface area contributed by atoms with Crippen LogP contribution in [0.4, 0.5) is 0 Å². The monoisotopic (exact) mass is 243 g/mol. The first-order valence-electron chi connectivity index (χ1n) is 6.69. The van der Waals surface area contributed by atoms with Crippen LogP contribution in [0.3, 0.4) is 0 Å². The Balaban J connectivity index is 2.80. The van der Waals surface area contributed by atoms with E-state index in [2.05, 4.69) is 30.7 Å². The fourth-order valence-corrected chi connectivity index (χ4v) is 2.79. The first-order chi connectivity index (χ1) is 8.06. The van der Waals surface area contributed by atoms with Gasteiger partial charge in [0.2, 0.25) is 0 Å². The van der Waals surface area contributed by atoms with Gasteiger partial charge in [-0.25, -0.2) is 0 Å². The number of rotatable bonds is 5.